The van der Waals surface area contributed by atoms with Gasteiger partial charge in [0.05, 0.1) is 4.88 Å². The van der Waals surface area contributed by atoms with Crippen molar-refractivity contribution in [2.75, 3.05) is 0 Å². The van der Waals surface area contributed by atoms with Gasteiger partial charge in [0, 0.05) is 15.8 Å². The number of primary amides is 1. The number of thiophene rings is 2. The first kappa shape index (κ1) is 21.7. The molecule has 7 nitrogen and oxygen atoms in total. The molecule has 0 aliphatic rings. The topological polar surface area (TPSA) is 99.6 Å². The number of aromatic nitrogens is 5. The fourth-order valence-electron chi connectivity index (χ4n) is 3.55. The molecule has 0 saturated carbocycles. The Labute approximate surface area is 202 Å². The zero-order valence-corrected chi connectivity index (χ0v) is 20.6. The number of benzene rings is 1. The molecular weight excluding hydrogens is 472 g/mol. The number of hydrogen-bond donors (Lipinski definition) is 1. The number of rotatable bonds is 6. The molecule has 5 rings (SSSR count). The molecule has 4 aromatic heterocycles. The van der Waals surface area contributed by atoms with Gasteiger partial charge < -0.3 is 5.73 Å². The van der Waals surface area contributed by atoms with E-state index in [2.05, 4.69) is 24.0 Å². The van der Waals surface area contributed by atoms with Crippen LogP contribution >= 0.6 is 34.4 Å². The van der Waals surface area contributed by atoms with Gasteiger partial charge >= 0.3 is 0 Å². The van der Waals surface area contributed by atoms with Gasteiger partial charge in [0.25, 0.3) is 0 Å². The van der Waals surface area contributed by atoms with Crippen LogP contribution in [0.15, 0.2) is 52.0 Å². The van der Waals surface area contributed by atoms with E-state index >= 15 is 0 Å². The largest absolute Gasteiger partial charge is 0.368 e. The third-order valence-electron chi connectivity index (χ3n) is 5.23. The van der Waals surface area contributed by atoms with E-state index in [9.17, 15) is 4.79 Å². The average molecular weight is 493 g/mol. The number of hydrogen-bond acceptors (Lipinski definition) is 8. The summed E-state index contributed by atoms with van der Waals surface area (Å²) in [6.45, 7) is 6.16. The molecule has 0 atom stereocenters. The van der Waals surface area contributed by atoms with E-state index in [1.54, 1.807) is 27.2 Å². The summed E-state index contributed by atoms with van der Waals surface area (Å²) in [5.41, 5.74) is 8.71. The van der Waals surface area contributed by atoms with Gasteiger partial charge in [0.2, 0.25) is 5.91 Å². The molecule has 10 heteroatoms. The van der Waals surface area contributed by atoms with Crippen molar-refractivity contribution in [1.82, 2.24) is 24.7 Å². The molecule has 1 amide bonds. The van der Waals surface area contributed by atoms with Gasteiger partial charge in [0.1, 0.15) is 16.4 Å². The monoisotopic (exact) mass is 492 g/mol. The van der Waals surface area contributed by atoms with Crippen LogP contribution in [-0.4, -0.2) is 30.6 Å². The van der Waals surface area contributed by atoms with Gasteiger partial charge in [0.15, 0.2) is 16.8 Å². The molecule has 0 spiro atoms. The Balaban J connectivity index is 1.66. The van der Waals surface area contributed by atoms with Gasteiger partial charge in [-0.2, -0.15) is 0 Å². The molecule has 0 radical (unpaired) electrons. The number of carbonyl (C=O) groups is 1. The van der Waals surface area contributed by atoms with Crippen molar-refractivity contribution in [3.8, 4) is 22.1 Å². The van der Waals surface area contributed by atoms with Crippen LogP contribution in [0.2, 0.25) is 0 Å². The molecule has 4 heterocycles. The van der Waals surface area contributed by atoms with Crippen LogP contribution in [0, 0.1) is 20.8 Å². The van der Waals surface area contributed by atoms with Gasteiger partial charge in [-0.3, -0.25) is 9.36 Å². The summed E-state index contributed by atoms with van der Waals surface area (Å²) in [5.74, 6) is 0.823. The van der Waals surface area contributed by atoms with E-state index in [0.29, 0.717) is 16.8 Å². The summed E-state index contributed by atoms with van der Waals surface area (Å²) < 4.78 is 1.76. The second kappa shape index (κ2) is 8.69. The van der Waals surface area contributed by atoms with Gasteiger partial charge in [-0.15, -0.1) is 32.9 Å². The molecule has 0 unspecified atom stereocenters. The second-order valence-corrected chi connectivity index (χ2v) is 10.7. The van der Waals surface area contributed by atoms with E-state index < -0.39 is 5.91 Å². The summed E-state index contributed by atoms with van der Waals surface area (Å²) >= 11 is 4.64. The van der Waals surface area contributed by atoms with E-state index in [1.165, 1.54) is 16.6 Å². The van der Waals surface area contributed by atoms with Crippen LogP contribution < -0.4 is 5.73 Å². The first-order chi connectivity index (χ1) is 15.9. The Morgan fingerprint density at radius 1 is 1.12 bits per heavy atom. The third kappa shape index (κ3) is 4.17. The van der Waals surface area contributed by atoms with E-state index in [-0.39, 0.29) is 6.54 Å². The third-order valence-corrected chi connectivity index (χ3v) is 8.17. The Morgan fingerprint density at radius 2 is 1.97 bits per heavy atom. The van der Waals surface area contributed by atoms with Gasteiger partial charge in [-0.05, 0) is 55.6 Å². The highest BCUT2D eigenvalue weighted by molar-refractivity contribution is 7.99. The Hall–Kier alpha value is -3.08. The summed E-state index contributed by atoms with van der Waals surface area (Å²) in [4.78, 5) is 24.8. The quantitative estimate of drug-likeness (QED) is 0.325. The lowest BCUT2D eigenvalue weighted by Gasteiger charge is -2.10. The number of nitrogens with two attached hydrogens (primary N) is 1. The van der Waals surface area contributed by atoms with Crippen molar-refractivity contribution in [2.45, 2.75) is 37.5 Å². The van der Waals surface area contributed by atoms with E-state index in [1.807, 2.05) is 48.7 Å². The smallest absolute Gasteiger partial charge is 0.237 e. The average Bonchev–Trinajstić information content (AvgIpc) is 3.49. The minimum Gasteiger partial charge on any atom is -0.368 e. The number of amides is 1. The number of fused-ring (bicyclic) bond motifs is 1. The molecule has 5 aromatic rings. The molecule has 1 aromatic carbocycles. The fraction of sp³-hybridized carbons (Fsp3) is 0.174. The minimum atomic E-state index is -0.458. The maximum Gasteiger partial charge on any atom is 0.237 e. The molecule has 0 fully saturated rings. The van der Waals surface area contributed by atoms with Crippen LogP contribution in [0.3, 0.4) is 0 Å². The number of aryl methyl sites for hydroxylation is 3. The highest BCUT2D eigenvalue weighted by atomic mass is 32.2. The SMILES string of the molecule is Cc1cccc(-c2nnc(Sc3nc(-c4cccs4)nc4sc(C)c(C)c34)n2CC(N)=O)c1. The zero-order valence-electron chi connectivity index (χ0n) is 18.2. The molecule has 33 heavy (non-hydrogen) atoms. The van der Waals surface area contributed by atoms with Crippen molar-refractivity contribution in [3.05, 3.63) is 57.8 Å². The maximum absolute atomic E-state index is 11.9. The van der Waals surface area contributed by atoms with Crippen molar-refractivity contribution in [1.29, 1.82) is 0 Å². The lowest BCUT2D eigenvalue weighted by atomic mass is 10.1. The predicted octanol–water partition coefficient (Wildman–Crippen LogP) is 5.24. The van der Waals surface area contributed by atoms with Crippen molar-refractivity contribution in [2.24, 2.45) is 5.73 Å². The Bertz CT molecular complexity index is 1490. The highest BCUT2D eigenvalue weighted by Gasteiger charge is 2.22. The number of nitrogens with zero attached hydrogens (tertiary/aromatic N) is 5. The minimum absolute atomic E-state index is 0.0216. The van der Waals surface area contributed by atoms with Crippen LogP contribution in [0.1, 0.15) is 16.0 Å². The molecule has 0 saturated heterocycles. The molecule has 0 bridgehead atoms. The lowest BCUT2D eigenvalue weighted by Crippen LogP contribution is -2.20. The van der Waals surface area contributed by atoms with Crippen molar-refractivity contribution >= 4 is 50.6 Å². The maximum atomic E-state index is 11.9. The molecule has 0 aliphatic heterocycles. The van der Waals surface area contributed by atoms with Crippen molar-refractivity contribution < 1.29 is 4.79 Å². The second-order valence-electron chi connectivity index (χ2n) is 7.62. The summed E-state index contributed by atoms with van der Waals surface area (Å²) in [7, 11) is 0. The first-order valence-corrected chi connectivity index (χ1v) is 12.7. The van der Waals surface area contributed by atoms with Crippen LogP contribution in [-0.2, 0) is 11.3 Å². The molecular formula is C23H20N6OS3. The zero-order chi connectivity index (χ0) is 23.1. The van der Waals surface area contributed by atoms with Crippen LogP contribution in [0.5, 0.6) is 0 Å². The number of carbonyl (C=O) groups excluding carboxylic acids is 1. The van der Waals surface area contributed by atoms with Crippen molar-refractivity contribution in [3.63, 3.8) is 0 Å². The standard InChI is InChI=1S/C23H20N6OS3/c1-12-6-4-7-15(10-12)20-27-28-23(29(20)11-17(24)30)33-22-18-13(2)14(3)32-21(18)25-19(26-22)16-8-5-9-31-16/h4-10H,11H2,1-3H3,(H2,24,30). The first-order valence-electron chi connectivity index (χ1n) is 10.2. The predicted molar refractivity (Wildman–Crippen MR) is 134 cm³/mol. The van der Waals surface area contributed by atoms with Crippen LogP contribution in [0.4, 0.5) is 0 Å². The van der Waals surface area contributed by atoms with E-state index in [0.717, 1.165) is 36.8 Å². The summed E-state index contributed by atoms with van der Waals surface area (Å²) in [5, 5.41) is 13.2. The highest BCUT2D eigenvalue weighted by Crippen LogP contribution is 2.40. The summed E-state index contributed by atoms with van der Waals surface area (Å²) in [6, 6.07) is 11.9. The molecule has 2 N–H and O–H groups in total. The summed E-state index contributed by atoms with van der Waals surface area (Å²) in [6.07, 6.45) is 0. The van der Waals surface area contributed by atoms with Crippen LogP contribution in [0.25, 0.3) is 32.3 Å². The van der Waals surface area contributed by atoms with Gasteiger partial charge in [-0.1, -0.05) is 29.8 Å². The normalized spacial score (nSPS) is 11.4. The van der Waals surface area contributed by atoms with E-state index in [4.69, 9.17) is 15.7 Å². The molecule has 0 aliphatic carbocycles. The Morgan fingerprint density at radius 3 is 2.70 bits per heavy atom. The molecule has 166 valence electrons. The lowest BCUT2D eigenvalue weighted by molar-refractivity contribution is -0.118. The Kier molecular flexibility index (Phi) is 5.73. The van der Waals surface area contributed by atoms with Gasteiger partial charge in [-0.25, -0.2) is 9.97 Å². The fourth-order valence-corrected chi connectivity index (χ4v) is 6.30.